The van der Waals surface area contributed by atoms with Crippen molar-refractivity contribution in [1.82, 2.24) is 20.4 Å². The highest BCUT2D eigenvalue weighted by atomic mass is 16.2. The minimum absolute atomic E-state index is 0.0297. The van der Waals surface area contributed by atoms with E-state index in [0.29, 0.717) is 17.9 Å². The lowest BCUT2D eigenvalue weighted by molar-refractivity contribution is -0.121. The number of likely N-dealkylation sites (tertiary alicyclic amines) is 1. The van der Waals surface area contributed by atoms with Crippen LogP contribution in [0.25, 0.3) is 0 Å². The van der Waals surface area contributed by atoms with Crippen LogP contribution in [0.5, 0.6) is 0 Å². The third-order valence-electron chi connectivity index (χ3n) is 7.16. The molecule has 2 aromatic rings. The molecule has 1 saturated carbocycles. The molecule has 0 radical (unpaired) electrons. The molecule has 1 atom stereocenters. The summed E-state index contributed by atoms with van der Waals surface area (Å²) >= 11 is 0. The normalized spacial score (nSPS) is 22.0. The summed E-state index contributed by atoms with van der Waals surface area (Å²) in [4.78, 5) is 27.3. The van der Waals surface area contributed by atoms with Crippen LogP contribution < -0.4 is 5.32 Å². The Balaban J connectivity index is 1.28. The minimum Gasteiger partial charge on any atom is -0.356 e. The highest BCUT2D eigenvalue weighted by Crippen LogP contribution is 2.52. The molecule has 2 amide bonds. The molecule has 6 nitrogen and oxygen atoms in total. The lowest BCUT2D eigenvalue weighted by Crippen LogP contribution is -2.44. The summed E-state index contributed by atoms with van der Waals surface area (Å²) in [6.07, 6.45) is 9.04. The molecule has 6 heteroatoms. The number of hydrogen-bond donors (Lipinski definition) is 1. The van der Waals surface area contributed by atoms with Crippen molar-refractivity contribution in [3.63, 3.8) is 0 Å². The zero-order chi connectivity index (χ0) is 20.6. The summed E-state index contributed by atoms with van der Waals surface area (Å²) < 4.78 is 0. The molecular weight excluding hydrogens is 376 g/mol. The fourth-order valence-electron chi connectivity index (χ4n) is 5.30. The molecular formula is C24H28N4O2. The van der Waals surface area contributed by atoms with Crippen LogP contribution in [0.3, 0.4) is 0 Å². The van der Waals surface area contributed by atoms with Crippen molar-refractivity contribution in [3.05, 3.63) is 59.4 Å². The van der Waals surface area contributed by atoms with Crippen LogP contribution in [0.1, 0.15) is 65.9 Å². The first-order valence-electron chi connectivity index (χ1n) is 11.1. The summed E-state index contributed by atoms with van der Waals surface area (Å²) in [6.45, 7) is 2.30. The van der Waals surface area contributed by atoms with E-state index in [-0.39, 0.29) is 23.1 Å². The van der Waals surface area contributed by atoms with Crippen LogP contribution in [0.15, 0.2) is 42.7 Å². The molecule has 1 aromatic heterocycles. The predicted molar refractivity (Wildman–Crippen MR) is 113 cm³/mol. The van der Waals surface area contributed by atoms with Crippen LogP contribution >= 0.6 is 0 Å². The van der Waals surface area contributed by atoms with Gasteiger partial charge in [-0.2, -0.15) is 10.2 Å². The summed E-state index contributed by atoms with van der Waals surface area (Å²) in [7, 11) is 0. The number of nitrogens with zero attached hydrogens (tertiary/aromatic N) is 3. The highest BCUT2D eigenvalue weighted by molar-refractivity contribution is 5.93. The number of hydrogen-bond acceptors (Lipinski definition) is 4. The molecule has 30 heavy (non-hydrogen) atoms. The molecule has 3 aliphatic rings. The topological polar surface area (TPSA) is 75.2 Å². The summed E-state index contributed by atoms with van der Waals surface area (Å²) in [5.74, 6) is 1.18. The van der Waals surface area contributed by atoms with E-state index in [9.17, 15) is 9.59 Å². The van der Waals surface area contributed by atoms with Gasteiger partial charge < -0.3 is 10.2 Å². The Morgan fingerprint density at radius 1 is 1.10 bits per heavy atom. The molecule has 2 aliphatic carbocycles. The van der Waals surface area contributed by atoms with Crippen molar-refractivity contribution < 1.29 is 9.59 Å². The maximum absolute atomic E-state index is 12.8. The molecule has 0 unspecified atom stereocenters. The Bertz CT molecular complexity index is 933. The maximum Gasteiger partial charge on any atom is 0.255 e. The fourth-order valence-corrected chi connectivity index (χ4v) is 5.30. The molecule has 2 heterocycles. The van der Waals surface area contributed by atoms with E-state index in [1.807, 2.05) is 4.90 Å². The molecule has 156 valence electrons. The van der Waals surface area contributed by atoms with E-state index in [1.165, 1.54) is 30.2 Å². The van der Waals surface area contributed by atoms with Crippen molar-refractivity contribution in [2.45, 2.75) is 49.9 Å². The van der Waals surface area contributed by atoms with Gasteiger partial charge >= 0.3 is 0 Å². The molecule has 1 N–H and O–H groups in total. The Hall–Kier alpha value is -2.76. The van der Waals surface area contributed by atoms with Crippen molar-refractivity contribution in [1.29, 1.82) is 0 Å². The Labute approximate surface area is 177 Å². The highest BCUT2D eigenvalue weighted by Gasteiger charge is 2.46. The van der Waals surface area contributed by atoms with Crippen LogP contribution in [0.2, 0.25) is 0 Å². The Morgan fingerprint density at radius 2 is 1.90 bits per heavy atom. The fraction of sp³-hybridized carbons (Fsp3) is 0.500. The van der Waals surface area contributed by atoms with E-state index in [4.69, 9.17) is 0 Å². The third-order valence-corrected chi connectivity index (χ3v) is 7.16. The van der Waals surface area contributed by atoms with E-state index in [2.05, 4.69) is 39.8 Å². The van der Waals surface area contributed by atoms with E-state index in [1.54, 1.807) is 12.3 Å². The zero-order valence-corrected chi connectivity index (χ0v) is 17.2. The number of nitrogens with one attached hydrogen (secondary N) is 1. The molecule has 1 spiro atoms. The number of rotatable bonds is 5. The number of aromatic nitrogens is 2. The number of fused-ring (bicyclic) bond motifs is 2. The van der Waals surface area contributed by atoms with Gasteiger partial charge in [0.2, 0.25) is 5.91 Å². The molecule has 5 rings (SSSR count). The quantitative estimate of drug-likeness (QED) is 0.831. The van der Waals surface area contributed by atoms with Gasteiger partial charge in [-0.3, -0.25) is 9.59 Å². The maximum atomic E-state index is 12.8. The van der Waals surface area contributed by atoms with Gasteiger partial charge in [0.1, 0.15) is 0 Å². The second-order valence-corrected chi connectivity index (χ2v) is 9.14. The smallest absolute Gasteiger partial charge is 0.255 e. The van der Waals surface area contributed by atoms with E-state index >= 15 is 0 Å². The zero-order valence-electron chi connectivity index (χ0n) is 17.2. The number of carbonyl (C=O) groups is 2. The van der Waals surface area contributed by atoms with Gasteiger partial charge in [0.05, 0.1) is 18.0 Å². The number of piperidine rings is 1. The van der Waals surface area contributed by atoms with Gasteiger partial charge in [-0.1, -0.05) is 24.3 Å². The lowest BCUT2D eigenvalue weighted by atomic mass is 9.73. The average Bonchev–Trinajstić information content (AvgIpc) is 3.58. The lowest BCUT2D eigenvalue weighted by Gasteiger charge is -2.40. The van der Waals surface area contributed by atoms with Crippen molar-refractivity contribution >= 4 is 11.8 Å². The summed E-state index contributed by atoms with van der Waals surface area (Å²) in [5, 5.41) is 10.7. The van der Waals surface area contributed by atoms with Crippen LogP contribution in [-0.2, 0) is 10.2 Å². The Kier molecular flexibility index (Phi) is 5.01. The van der Waals surface area contributed by atoms with Crippen LogP contribution in [0.4, 0.5) is 0 Å². The standard InChI is InChI=1S/C24H28N4O2/c29-22(25-15-17-5-6-17)13-19-14-24(21-4-2-1-3-20(19)21)8-11-28(12-9-24)23(30)18-7-10-26-27-16-18/h1-4,7,10,16-17,19H,5-6,8-9,11-15H2,(H,25,29)/t19-/m0/s1. The second kappa shape index (κ2) is 7.82. The van der Waals surface area contributed by atoms with Crippen molar-refractivity contribution in [3.8, 4) is 0 Å². The van der Waals surface area contributed by atoms with Crippen LogP contribution in [0, 0.1) is 5.92 Å². The first-order valence-corrected chi connectivity index (χ1v) is 11.1. The summed E-state index contributed by atoms with van der Waals surface area (Å²) in [5.41, 5.74) is 3.39. The van der Waals surface area contributed by atoms with Gasteiger partial charge in [0.25, 0.3) is 5.91 Å². The van der Waals surface area contributed by atoms with Crippen LogP contribution in [-0.4, -0.2) is 46.5 Å². The van der Waals surface area contributed by atoms with Crippen molar-refractivity contribution in [2.24, 2.45) is 5.92 Å². The Morgan fingerprint density at radius 3 is 2.63 bits per heavy atom. The van der Waals surface area contributed by atoms with Gasteiger partial charge in [0, 0.05) is 26.1 Å². The SMILES string of the molecule is O=C(C[C@H]1CC2(CCN(C(=O)c3ccnnc3)CC2)c2ccccc21)NCC1CC1. The molecule has 1 aromatic carbocycles. The number of amides is 2. The number of benzene rings is 1. The largest absolute Gasteiger partial charge is 0.356 e. The summed E-state index contributed by atoms with van der Waals surface area (Å²) in [6, 6.07) is 10.4. The van der Waals surface area contributed by atoms with Crippen molar-refractivity contribution in [2.75, 3.05) is 19.6 Å². The first kappa shape index (κ1) is 19.2. The van der Waals surface area contributed by atoms with E-state index < -0.39 is 0 Å². The van der Waals surface area contributed by atoms with Gasteiger partial charge in [-0.15, -0.1) is 0 Å². The van der Waals surface area contributed by atoms with Gasteiger partial charge in [-0.25, -0.2) is 0 Å². The second-order valence-electron chi connectivity index (χ2n) is 9.14. The predicted octanol–water partition coefficient (Wildman–Crippen LogP) is 3.05. The molecule has 1 saturated heterocycles. The van der Waals surface area contributed by atoms with E-state index in [0.717, 1.165) is 38.9 Å². The molecule has 0 bridgehead atoms. The third kappa shape index (κ3) is 3.71. The van der Waals surface area contributed by atoms with Gasteiger partial charge in [-0.05, 0) is 66.5 Å². The molecule has 2 fully saturated rings. The monoisotopic (exact) mass is 404 g/mol. The van der Waals surface area contributed by atoms with Gasteiger partial charge in [0.15, 0.2) is 0 Å². The number of carbonyl (C=O) groups excluding carboxylic acids is 2. The molecule has 1 aliphatic heterocycles. The first-order chi connectivity index (χ1) is 14.6. The average molecular weight is 405 g/mol. The minimum atomic E-state index is 0.0297.